The molecular weight excluding hydrogens is 271 g/mol. The number of benzene rings is 2. The molecule has 18 heavy (non-hydrogen) atoms. The topological polar surface area (TPSA) is 40.5 Å². The second-order valence-electron chi connectivity index (χ2n) is 3.91. The van der Waals surface area contributed by atoms with Gasteiger partial charge in [-0.3, -0.25) is 0 Å². The van der Waals surface area contributed by atoms with Crippen molar-refractivity contribution in [3.8, 4) is 11.5 Å². The third-order valence-corrected chi connectivity index (χ3v) is 3.11. The molecule has 0 heterocycles. The Morgan fingerprint density at radius 2 is 1.06 bits per heavy atom. The smallest absolute Gasteiger partial charge is 0.162 e. The van der Waals surface area contributed by atoms with Crippen molar-refractivity contribution < 1.29 is 10.2 Å². The first kappa shape index (κ1) is 13.1. The first-order valence-electron chi connectivity index (χ1n) is 5.33. The largest absolute Gasteiger partial charge is 0.508 e. The van der Waals surface area contributed by atoms with Crippen LogP contribution < -0.4 is 0 Å². The van der Waals surface area contributed by atoms with Gasteiger partial charge in [-0.25, -0.2) is 0 Å². The van der Waals surface area contributed by atoms with Crippen molar-refractivity contribution in [2.24, 2.45) is 0 Å². The van der Waals surface area contributed by atoms with E-state index in [9.17, 15) is 10.2 Å². The van der Waals surface area contributed by atoms with Crippen molar-refractivity contribution in [1.82, 2.24) is 0 Å². The fourth-order valence-corrected chi connectivity index (χ4v) is 2.28. The number of rotatable bonds is 3. The molecule has 0 spiro atoms. The van der Waals surface area contributed by atoms with Crippen LogP contribution in [-0.4, -0.2) is 10.2 Å². The van der Waals surface area contributed by atoms with Crippen LogP contribution in [-0.2, 0) is 0 Å². The van der Waals surface area contributed by atoms with Gasteiger partial charge in [0.25, 0.3) is 0 Å². The molecule has 2 nitrogen and oxygen atoms in total. The lowest BCUT2D eigenvalue weighted by molar-refractivity contribution is 0.475. The maximum Gasteiger partial charge on any atom is 0.162 e. The Morgan fingerprint density at radius 3 is 1.33 bits per heavy atom. The second-order valence-corrected chi connectivity index (χ2v) is 4.91. The van der Waals surface area contributed by atoms with Gasteiger partial charge in [-0.2, -0.15) is 0 Å². The Labute approximate surface area is 115 Å². The number of halogens is 2. The van der Waals surface area contributed by atoms with Gasteiger partial charge < -0.3 is 10.2 Å². The average Bonchev–Trinajstić information content (AvgIpc) is 2.34. The van der Waals surface area contributed by atoms with Crippen molar-refractivity contribution in [3.05, 3.63) is 64.5 Å². The van der Waals surface area contributed by atoms with Gasteiger partial charge in [0.05, 0.1) is 0 Å². The van der Waals surface area contributed by atoms with Gasteiger partial charge in [0.1, 0.15) is 11.5 Å². The molecular formula is C14H11Cl2O2. The molecule has 0 aliphatic carbocycles. The summed E-state index contributed by atoms with van der Waals surface area (Å²) in [6.07, 6.45) is 0. The SMILES string of the molecule is Oc1ccc(C([C](Cl)Cl)c2ccc(O)cc2)cc1. The van der Waals surface area contributed by atoms with Crippen LogP contribution in [0.5, 0.6) is 11.5 Å². The van der Waals surface area contributed by atoms with Crippen LogP contribution in [0, 0.1) is 4.84 Å². The monoisotopic (exact) mass is 281 g/mol. The Morgan fingerprint density at radius 1 is 0.722 bits per heavy atom. The van der Waals surface area contributed by atoms with E-state index in [0.717, 1.165) is 11.1 Å². The number of phenolic OH excluding ortho intramolecular Hbond substituents is 2. The molecule has 0 aliphatic rings. The molecule has 2 aromatic rings. The molecule has 1 radical (unpaired) electrons. The van der Waals surface area contributed by atoms with Crippen LogP contribution in [0.2, 0.25) is 0 Å². The van der Waals surface area contributed by atoms with Crippen molar-refractivity contribution in [1.29, 1.82) is 0 Å². The van der Waals surface area contributed by atoms with Gasteiger partial charge in [-0.1, -0.05) is 47.5 Å². The minimum absolute atomic E-state index is 0.189. The highest BCUT2D eigenvalue weighted by Crippen LogP contribution is 2.39. The summed E-state index contributed by atoms with van der Waals surface area (Å²) in [6.45, 7) is 0. The molecule has 2 N–H and O–H groups in total. The molecule has 0 amide bonds. The lowest BCUT2D eigenvalue weighted by Gasteiger charge is -2.18. The normalized spacial score (nSPS) is 11.1. The Balaban J connectivity index is 2.39. The number of phenols is 2. The Kier molecular flexibility index (Phi) is 4.00. The van der Waals surface area contributed by atoms with Crippen molar-refractivity contribution in [2.75, 3.05) is 0 Å². The molecule has 2 rings (SSSR count). The molecule has 0 aliphatic heterocycles. The fourth-order valence-electron chi connectivity index (χ4n) is 1.78. The standard InChI is InChI=1S/C14H11Cl2O2/c15-14(16)13(9-1-5-11(17)6-2-9)10-3-7-12(18)8-4-10/h1-8,13,17-18H. The lowest BCUT2D eigenvalue weighted by atomic mass is 9.93. The van der Waals surface area contributed by atoms with E-state index in [1.165, 1.54) is 0 Å². The zero-order valence-corrected chi connectivity index (χ0v) is 10.9. The Bertz CT molecular complexity index is 461. The molecule has 0 fully saturated rings. The highest BCUT2D eigenvalue weighted by atomic mass is 35.5. The van der Waals surface area contributed by atoms with E-state index in [4.69, 9.17) is 23.2 Å². The van der Waals surface area contributed by atoms with Crippen molar-refractivity contribution in [2.45, 2.75) is 5.92 Å². The third kappa shape index (κ3) is 2.89. The van der Waals surface area contributed by atoms with E-state index in [2.05, 4.69) is 0 Å². The summed E-state index contributed by atoms with van der Waals surface area (Å²) >= 11 is 11.9. The molecule has 2 aromatic carbocycles. The lowest BCUT2D eigenvalue weighted by Crippen LogP contribution is -2.03. The van der Waals surface area contributed by atoms with E-state index in [1.807, 2.05) is 0 Å². The molecule has 0 unspecified atom stereocenters. The summed E-state index contributed by atoms with van der Waals surface area (Å²) in [5.41, 5.74) is 1.75. The summed E-state index contributed by atoms with van der Waals surface area (Å²) < 4.78 is 0. The second kappa shape index (κ2) is 5.51. The van der Waals surface area contributed by atoms with Gasteiger partial charge in [0.15, 0.2) is 4.84 Å². The third-order valence-electron chi connectivity index (χ3n) is 2.67. The van der Waals surface area contributed by atoms with Crippen molar-refractivity contribution >= 4 is 23.2 Å². The minimum atomic E-state index is -0.283. The zero-order chi connectivity index (χ0) is 13.1. The molecule has 4 heteroatoms. The quantitative estimate of drug-likeness (QED) is 0.885. The summed E-state index contributed by atoms with van der Waals surface area (Å²) in [7, 11) is 0. The first-order valence-corrected chi connectivity index (χ1v) is 6.09. The van der Waals surface area contributed by atoms with Crippen LogP contribution in [0.4, 0.5) is 0 Å². The maximum atomic E-state index is 9.28. The molecule has 0 saturated heterocycles. The zero-order valence-electron chi connectivity index (χ0n) is 9.35. The van der Waals surface area contributed by atoms with Crippen LogP contribution in [0.15, 0.2) is 48.5 Å². The first-order chi connectivity index (χ1) is 8.58. The average molecular weight is 282 g/mol. The molecule has 0 bridgehead atoms. The van der Waals surface area contributed by atoms with E-state index >= 15 is 0 Å². The summed E-state index contributed by atoms with van der Waals surface area (Å²) in [6, 6.07) is 13.4. The van der Waals surface area contributed by atoms with E-state index in [0.29, 0.717) is 0 Å². The highest BCUT2D eigenvalue weighted by Gasteiger charge is 2.22. The van der Waals surface area contributed by atoms with E-state index < -0.39 is 0 Å². The predicted octanol–water partition coefficient (Wildman–Crippen LogP) is 4.20. The van der Waals surface area contributed by atoms with Gasteiger partial charge in [0.2, 0.25) is 0 Å². The van der Waals surface area contributed by atoms with Crippen LogP contribution in [0.25, 0.3) is 0 Å². The molecule has 0 saturated carbocycles. The Hall–Kier alpha value is -1.38. The maximum absolute atomic E-state index is 9.28. The van der Waals surface area contributed by atoms with Gasteiger partial charge >= 0.3 is 0 Å². The molecule has 0 atom stereocenters. The van der Waals surface area contributed by atoms with Crippen molar-refractivity contribution in [3.63, 3.8) is 0 Å². The van der Waals surface area contributed by atoms with Crippen LogP contribution in [0.1, 0.15) is 17.0 Å². The summed E-state index contributed by atoms with van der Waals surface area (Å²) in [5, 5.41) is 18.6. The predicted molar refractivity (Wildman–Crippen MR) is 73.0 cm³/mol. The van der Waals surface area contributed by atoms with Crippen LogP contribution >= 0.6 is 23.2 Å². The minimum Gasteiger partial charge on any atom is -0.508 e. The van der Waals surface area contributed by atoms with Gasteiger partial charge in [-0.15, -0.1) is 0 Å². The van der Waals surface area contributed by atoms with Gasteiger partial charge in [-0.05, 0) is 35.4 Å². The molecule has 0 aromatic heterocycles. The number of hydrogen-bond acceptors (Lipinski definition) is 2. The number of aromatic hydroxyl groups is 2. The summed E-state index contributed by atoms with van der Waals surface area (Å²) in [4.78, 5) is 0.214. The van der Waals surface area contributed by atoms with Crippen LogP contribution in [0.3, 0.4) is 0 Å². The fraction of sp³-hybridized carbons (Fsp3) is 0.0714. The van der Waals surface area contributed by atoms with E-state index in [1.54, 1.807) is 48.5 Å². The summed E-state index contributed by atoms with van der Waals surface area (Å²) in [5.74, 6) is 0.0948. The van der Waals surface area contributed by atoms with E-state index in [-0.39, 0.29) is 22.3 Å². The number of hydrogen-bond donors (Lipinski definition) is 2. The van der Waals surface area contributed by atoms with Gasteiger partial charge in [0, 0.05) is 5.92 Å². The highest BCUT2D eigenvalue weighted by molar-refractivity contribution is 6.53. The molecule has 93 valence electrons.